The molecule has 20 heavy (non-hydrogen) atoms. The molecule has 1 heterocycles. The Balaban J connectivity index is 1.23. The number of rotatable bonds is 7. The van der Waals surface area contributed by atoms with Crippen LogP contribution in [0.4, 0.5) is 0 Å². The zero-order valence-corrected chi connectivity index (χ0v) is 13.7. The third-order valence-corrected chi connectivity index (χ3v) is 7.89. The second kappa shape index (κ2) is 7.26. The minimum Gasteiger partial charge on any atom is -0.356 e. The van der Waals surface area contributed by atoms with Gasteiger partial charge in [-0.15, -0.1) is 0 Å². The van der Waals surface area contributed by atoms with Crippen LogP contribution >= 0.6 is 21.6 Å². The molecule has 1 saturated carbocycles. The average Bonchev–Trinajstić information content (AvgIpc) is 3.18. The third kappa shape index (κ3) is 3.97. The first-order chi connectivity index (χ1) is 9.81. The predicted octanol–water partition coefficient (Wildman–Crippen LogP) is 4.03. The van der Waals surface area contributed by atoms with Crippen LogP contribution in [0.25, 0.3) is 0 Å². The van der Waals surface area contributed by atoms with Crippen LogP contribution in [0.1, 0.15) is 44.9 Å². The van der Waals surface area contributed by atoms with Crippen molar-refractivity contribution in [1.82, 2.24) is 5.32 Å². The summed E-state index contributed by atoms with van der Waals surface area (Å²) in [4.78, 5) is 11.9. The number of carbonyl (C=O) groups is 1. The predicted molar refractivity (Wildman–Crippen MR) is 88.8 cm³/mol. The summed E-state index contributed by atoms with van der Waals surface area (Å²) in [5.74, 6) is 3.85. The Labute approximate surface area is 130 Å². The highest BCUT2D eigenvalue weighted by atomic mass is 33.1. The van der Waals surface area contributed by atoms with E-state index in [9.17, 15) is 4.79 Å². The monoisotopic (exact) mass is 311 g/mol. The lowest BCUT2D eigenvalue weighted by atomic mass is 9.93. The van der Waals surface area contributed by atoms with Crippen LogP contribution in [-0.2, 0) is 4.79 Å². The quantitative estimate of drug-likeness (QED) is 0.437. The molecular formula is C16H25NOS2. The molecule has 1 N–H and O–H groups in total. The largest absolute Gasteiger partial charge is 0.356 e. The Bertz CT molecular complexity index is 365. The van der Waals surface area contributed by atoms with Gasteiger partial charge in [-0.1, -0.05) is 40.2 Å². The van der Waals surface area contributed by atoms with Crippen molar-refractivity contribution in [2.24, 2.45) is 17.8 Å². The van der Waals surface area contributed by atoms with Crippen molar-refractivity contribution in [3.05, 3.63) is 12.2 Å². The van der Waals surface area contributed by atoms with Crippen molar-refractivity contribution in [3.8, 4) is 0 Å². The molecule has 0 aromatic rings. The van der Waals surface area contributed by atoms with Gasteiger partial charge < -0.3 is 5.32 Å². The number of hydrogen-bond donors (Lipinski definition) is 1. The minimum atomic E-state index is 0.269. The molecule has 2 nitrogen and oxygen atoms in total. The standard InChI is InChI=1S/C16H25NOS2/c18-16(4-2-1-3-15-7-8-19-20-15)17-11-14-10-12-5-6-13(14)9-12/h5-6,12-15H,1-4,7-11H2,(H,17,18)/t12-,13-,14-,15-/m0/s1. The smallest absolute Gasteiger partial charge is 0.220 e. The molecule has 1 saturated heterocycles. The molecule has 2 fully saturated rings. The van der Waals surface area contributed by atoms with Crippen LogP contribution in [0, 0.1) is 17.8 Å². The fourth-order valence-corrected chi connectivity index (χ4v) is 6.71. The fraction of sp³-hybridized carbons (Fsp3) is 0.812. The number of nitrogens with one attached hydrogen (secondary N) is 1. The minimum absolute atomic E-state index is 0.269. The molecule has 0 radical (unpaired) electrons. The van der Waals surface area contributed by atoms with Gasteiger partial charge in [0.25, 0.3) is 0 Å². The van der Waals surface area contributed by atoms with E-state index in [0.717, 1.165) is 36.5 Å². The SMILES string of the molecule is O=C(CCCC[C@H]1CCSS1)NC[C@@H]1C[C@H]2C=C[C@H]1C2. The van der Waals surface area contributed by atoms with Crippen molar-refractivity contribution in [2.75, 3.05) is 12.3 Å². The van der Waals surface area contributed by atoms with E-state index in [4.69, 9.17) is 0 Å². The van der Waals surface area contributed by atoms with Crippen molar-refractivity contribution in [3.63, 3.8) is 0 Å². The van der Waals surface area contributed by atoms with E-state index in [1.54, 1.807) is 0 Å². The summed E-state index contributed by atoms with van der Waals surface area (Å²) in [6.45, 7) is 0.902. The van der Waals surface area contributed by atoms with Crippen LogP contribution in [0.3, 0.4) is 0 Å². The van der Waals surface area contributed by atoms with E-state index in [2.05, 4.69) is 17.5 Å². The molecule has 1 aliphatic heterocycles. The Kier molecular flexibility index (Phi) is 5.38. The molecule has 112 valence electrons. The molecule has 4 heteroatoms. The number of unbranched alkanes of at least 4 members (excludes halogenated alkanes) is 1. The number of amides is 1. The number of fused-ring (bicyclic) bond motifs is 2. The number of carbonyl (C=O) groups excluding carboxylic acids is 1. The van der Waals surface area contributed by atoms with Crippen LogP contribution in [0.5, 0.6) is 0 Å². The van der Waals surface area contributed by atoms with Crippen LogP contribution < -0.4 is 5.32 Å². The van der Waals surface area contributed by atoms with Gasteiger partial charge in [-0.2, -0.15) is 0 Å². The Hall–Kier alpha value is -0.0900. The molecule has 2 bridgehead atoms. The van der Waals surface area contributed by atoms with Gasteiger partial charge in [0.2, 0.25) is 5.91 Å². The fourth-order valence-electron chi connectivity index (χ4n) is 3.68. The van der Waals surface area contributed by atoms with Crippen LogP contribution in [0.15, 0.2) is 12.2 Å². The first-order valence-electron chi connectivity index (χ1n) is 8.04. The van der Waals surface area contributed by atoms with E-state index in [-0.39, 0.29) is 5.91 Å². The molecule has 3 rings (SSSR count). The van der Waals surface area contributed by atoms with E-state index < -0.39 is 0 Å². The van der Waals surface area contributed by atoms with Gasteiger partial charge in [-0.3, -0.25) is 4.79 Å². The molecule has 0 aromatic carbocycles. The molecule has 3 aliphatic rings. The number of allylic oxidation sites excluding steroid dienone is 2. The second-order valence-electron chi connectivity index (χ2n) is 6.42. The summed E-state index contributed by atoms with van der Waals surface area (Å²) in [7, 11) is 4.05. The van der Waals surface area contributed by atoms with Gasteiger partial charge in [0.05, 0.1) is 0 Å². The normalized spacial score (nSPS) is 34.8. The van der Waals surface area contributed by atoms with Gasteiger partial charge in [0.1, 0.15) is 0 Å². The first-order valence-corrected chi connectivity index (χ1v) is 10.4. The van der Waals surface area contributed by atoms with E-state index >= 15 is 0 Å². The molecule has 0 aromatic heterocycles. The van der Waals surface area contributed by atoms with Crippen LogP contribution in [-0.4, -0.2) is 23.5 Å². The maximum Gasteiger partial charge on any atom is 0.220 e. The van der Waals surface area contributed by atoms with Gasteiger partial charge in [0.15, 0.2) is 0 Å². The molecular weight excluding hydrogens is 286 g/mol. The molecule has 0 unspecified atom stereocenters. The Morgan fingerprint density at radius 3 is 2.90 bits per heavy atom. The molecule has 0 spiro atoms. The summed E-state index contributed by atoms with van der Waals surface area (Å²) in [6.07, 6.45) is 13.0. The van der Waals surface area contributed by atoms with Gasteiger partial charge in [-0.25, -0.2) is 0 Å². The van der Waals surface area contributed by atoms with E-state index in [1.165, 1.54) is 37.9 Å². The lowest BCUT2D eigenvalue weighted by Gasteiger charge is -2.18. The van der Waals surface area contributed by atoms with Crippen molar-refractivity contribution in [1.29, 1.82) is 0 Å². The van der Waals surface area contributed by atoms with Gasteiger partial charge >= 0.3 is 0 Å². The molecule has 1 amide bonds. The topological polar surface area (TPSA) is 29.1 Å². The molecule has 2 aliphatic carbocycles. The highest BCUT2D eigenvalue weighted by molar-refractivity contribution is 8.77. The summed E-state index contributed by atoms with van der Waals surface area (Å²) < 4.78 is 0. The molecule has 4 atom stereocenters. The Morgan fingerprint density at radius 1 is 1.25 bits per heavy atom. The lowest BCUT2D eigenvalue weighted by Crippen LogP contribution is -2.30. The number of hydrogen-bond acceptors (Lipinski definition) is 3. The first kappa shape index (κ1) is 14.8. The maximum absolute atomic E-state index is 11.9. The van der Waals surface area contributed by atoms with Gasteiger partial charge in [-0.05, 0) is 49.9 Å². The zero-order valence-electron chi connectivity index (χ0n) is 12.1. The summed E-state index contributed by atoms with van der Waals surface area (Å²) in [5, 5.41) is 4.01. The average molecular weight is 312 g/mol. The zero-order chi connectivity index (χ0) is 13.8. The highest BCUT2D eigenvalue weighted by Gasteiger charge is 2.35. The van der Waals surface area contributed by atoms with Gasteiger partial charge in [0, 0.05) is 24.0 Å². The summed E-state index contributed by atoms with van der Waals surface area (Å²) >= 11 is 0. The van der Waals surface area contributed by atoms with Crippen molar-refractivity contribution < 1.29 is 4.79 Å². The van der Waals surface area contributed by atoms with Crippen molar-refractivity contribution in [2.45, 2.75) is 50.2 Å². The van der Waals surface area contributed by atoms with Crippen LogP contribution in [0.2, 0.25) is 0 Å². The Morgan fingerprint density at radius 2 is 2.20 bits per heavy atom. The van der Waals surface area contributed by atoms with Crippen molar-refractivity contribution >= 4 is 27.5 Å². The summed E-state index contributed by atoms with van der Waals surface area (Å²) in [6, 6.07) is 0. The summed E-state index contributed by atoms with van der Waals surface area (Å²) in [5.41, 5.74) is 0. The van der Waals surface area contributed by atoms with E-state index in [1.807, 2.05) is 21.6 Å². The van der Waals surface area contributed by atoms with E-state index in [0.29, 0.717) is 5.92 Å². The second-order valence-corrected chi connectivity index (χ2v) is 9.21. The highest BCUT2D eigenvalue weighted by Crippen LogP contribution is 2.43. The third-order valence-electron chi connectivity index (χ3n) is 4.89. The maximum atomic E-state index is 11.9. The lowest BCUT2D eigenvalue weighted by molar-refractivity contribution is -0.121.